The molecule has 0 N–H and O–H groups in total. The van der Waals surface area contributed by atoms with Crippen molar-refractivity contribution in [2.45, 2.75) is 18.7 Å². The first-order chi connectivity index (χ1) is 9.97. The van der Waals surface area contributed by atoms with E-state index in [1.807, 2.05) is 43.3 Å². The highest BCUT2D eigenvalue weighted by molar-refractivity contribution is 6.30. The van der Waals surface area contributed by atoms with E-state index in [0.717, 1.165) is 27.9 Å². The third kappa shape index (κ3) is 2.54. The summed E-state index contributed by atoms with van der Waals surface area (Å²) < 4.78 is 0. The number of carbonyl (C=O) groups is 1. The summed E-state index contributed by atoms with van der Waals surface area (Å²) in [7, 11) is 1.80. The smallest absolute Gasteiger partial charge is 0.231 e. The second kappa shape index (κ2) is 5.36. The maximum Gasteiger partial charge on any atom is 0.231 e. The van der Waals surface area contributed by atoms with Gasteiger partial charge >= 0.3 is 0 Å². The van der Waals surface area contributed by atoms with Gasteiger partial charge in [0.25, 0.3) is 0 Å². The van der Waals surface area contributed by atoms with Crippen molar-refractivity contribution in [2.24, 2.45) is 0 Å². The van der Waals surface area contributed by atoms with Crippen LogP contribution in [0.25, 0.3) is 0 Å². The van der Waals surface area contributed by atoms with Crippen LogP contribution in [0, 0.1) is 6.92 Å². The zero-order valence-corrected chi connectivity index (χ0v) is 13.4. The van der Waals surface area contributed by atoms with Crippen LogP contribution in [0.5, 0.6) is 0 Å². The monoisotopic (exact) mass is 319 g/mol. The number of carbonyl (C=O) groups excluding carboxylic acids is 1. The molecule has 4 heteroatoms. The highest BCUT2D eigenvalue weighted by atomic mass is 35.5. The van der Waals surface area contributed by atoms with Gasteiger partial charge in [-0.1, -0.05) is 29.8 Å². The summed E-state index contributed by atoms with van der Waals surface area (Å²) in [4.78, 5) is 13.4. The van der Waals surface area contributed by atoms with Crippen molar-refractivity contribution in [3.63, 3.8) is 0 Å². The molecule has 1 aliphatic heterocycles. The maximum absolute atomic E-state index is 11.8. The highest BCUT2D eigenvalue weighted by Gasteiger charge is 2.25. The highest BCUT2D eigenvalue weighted by Crippen LogP contribution is 2.36. The van der Waals surface area contributed by atoms with Crippen molar-refractivity contribution in [1.29, 1.82) is 0 Å². The number of aryl methyl sites for hydroxylation is 1. The predicted octanol–water partition coefficient (Wildman–Crippen LogP) is 4.50. The number of hydrogen-bond donors (Lipinski definition) is 0. The van der Waals surface area contributed by atoms with E-state index in [1.165, 1.54) is 0 Å². The van der Waals surface area contributed by atoms with Crippen LogP contribution in [0.15, 0.2) is 36.4 Å². The third-order valence-corrected chi connectivity index (χ3v) is 4.70. The lowest BCUT2D eigenvalue weighted by Crippen LogP contribution is -2.20. The Bertz CT molecular complexity index is 727. The second-order valence-corrected chi connectivity index (χ2v) is 6.25. The molecule has 0 aliphatic carbocycles. The largest absolute Gasteiger partial charge is 0.315 e. The van der Waals surface area contributed by atoms with Gasteiger partial charge in [0.05, 0.1) is 11.8 Å². The number of rotatable bonds is 2. The Morgan fingerprint density at radius 3 is 2.67 bits per heavy atom. The van der Waals surface area contributed by atoms with Crippen molar-refractivity contribution in [3.05, 3.63) is 63.7 Å². The molecule has 1 unspecified atom stereocenters. The molecule has 1 heterocycles. The zero-order chi connectivity index (χ0) is 15.1. The van der Waals surface area contributed by atoms with Crippen LogP contribution in [0.2, 0.25) is 5.02 Å². The molecule has 0 fully saturated rings. The Balaban J connectivity index is 1.98. The normalized spacial score (nSPS) is 15.2. The van der Waals surface area contributed by atoms with E-state index in [4.69, 9.17) is 23.2 Å². The van der Waals surface area contributed by atoms with Crippen molar-refractivity contribution in [3.8, 4) is 0 Å². The number of hydrogen-bond acceptors (Lipinski definition) is 1. The van der Waals surface area contributed by atoms with Gasteiger partial charge in [0.1, 0.15) is 0 Å². The zero-order valence-electron chi connectivity index (χ0n) is 11.9. The number of likely N-dealkylation sites (N-methyl/N-ethyl adjacent to an activating group) is 1. The molecule has 0 saturated heterocycles. The molecule has 0 radical (unpaired) electrons. The van der Waals surface area contributed by atoms with Crippen molar-refractivity contribution in [1.82, 2.24) is 0 Å². The summed E-state index contributed by atoms with van der Waals surface area (Å²) in [5, 5.41) is 0.467. The molecule has 0 aromatic heterocycles. The quantitative estimate of drug-likeness (QED) is 0.746. The molecule has 3 rings (SSSR count). The van der Waals surface area contributed by atoms with Crippen LogP contribution in [-0.2, 0) is 11.2 Å². The standard InChI is InChI=1S/C17H15Cl2NO/c1-10-7-13(18)4-5-14(10)17(19)11-3-6-15-12(8-11)9-16(21)20(15)2/h3-8,17H,9H2,1-2H3. The molecular formula is C17H15Cl2NO. The number of alkyl halides is 1. The van der Waals surface area contributed by atoms with Crippen molar-refractivity contribution in [2.75, 3.05) is 11.9 Å². The van der Waals surface area contributed by atoms with Crippen LogP contribution >= 0.6 is 23.2 Å². The molecule has 0 bridgehead atoms. The fraction of sp³-hybridized carbons (Fsp3) is 0.235. The second-order valence-electron chi connectivity index (χ2n) is 5.38. The Hall–Kier alpha value is -1.51. The van der Waals surface area contributed by atoms with Gasteiger partial charge in [0, 0.05) is 17.8 Å². The lowest BCUT2D eigenvalue weighted by atomic mass is 9.98. The number of halogens is 2. The molecule has 0 saturated carbocycles. The van der Waals surface area contributed by atoms with Crippen molar-refractivity contribution < 1.29 is 4.79 Å². The van der Waals surface area contributed by atoms with Gasteiger partial charge in [-0.05, 0) is 47.4 Å². The van der Waals surface area contributed by atoms with Gasteiger partial charge in [0.2, 0.25) is 5.91 Å². The molecule has 108 valence electrons. The molecule has 0 spiro atoms. The number of benzene rings is 2. The topological polar surface area (TPSA) is 20.3 Å². The Labute approximate surface area is 134 Å². The summed E-state index contributed by atoms with van der Waals surface area (Å²) in [6.45, 7) is 2.00. The molecule has 2 aromatic carbocycles. The molecule has 1 atom stereocenters. The van der Waals surface area contributed by atoms with Gasteiger partial charge in [-0.3, -0.25) is 4.79 Å². The predicted molar refractivity (Wildman–Crippen MR) is 87.4 cm³/mol. The van der Waals surface area contributed by atoms with Crippen molar-refractivity contribution >= 4 is 34.8 Å². The molecule has 1 amide bonds. The molecule has 2 aromatic rings. The number of nitrogens with zero attached hydrogens (tertiary/aromatic N) is 1. The maximum atomic E-state index is 11.8. The van der Waals surface area contributed by atoms with E-state index in [9.17, 15) is 4.79 Å². The first-order valence-corrected chi connectivity index (χ1v) is 7.58. The van der Waals surface area contributed by atoms with E-state index in [2.05, 4.69) is 0 Å². The van der Waals surface area contributed by atoms with Gasteiger partial charge in [0.15, 0.2) is 0 Å². The Morgan fingerprint density at radius 2 is 1.95 bits per heavy atom. The molecule has 2 nitrogen and oxygen atoms in total. The number of amides is 1. The average molecular weight is 320 g/mol. The first-order valence-electron chi connectivity index (χ1n) is 6.77. The van der Waals surface area contributed by atoms with E-state index < -0.39 is 0 Å². The van der Waals surface area contributed by atoms with Crippen LogP contribution < -0.4 is 4.90 Å². The van der Waals surface area contributed by atoms with E-state index in [1.54, 1.807) is 11.9 Å². The molecule has 1 aliphatic rings. The van der Waals surface area contributed by atoms with Crippen LogP contribution in [0.3, 0.4) is 0 Å². The number of fused-ring (bicyclic) bond motifs is 1. The summed E-state index contributed by atoms with van der Waals surface area (Å²) in [6.07, 6.45) is 0.447. The van der Waals surface area contributed by atoms with Gasteiger partial charge in [-0.25, -0.2) is 0 Å². The summed E-state index contributed by atoms with van der Waals surface area (Å²) in [6, 6.07) is 11.7. The van der Waals surface area contributed by atoms with E-state index in [-0.39, 0.29) is 11.3 Å². The van der Waals surface area contributed by atoms with Crippen LogP contribution in [-0.4, -0.2) is 13.0 Å². The minimum atomic E-state index is -0.242. The Kier molecular flexibility index (Phi) is 3.68. The van der Waals surface area contributed by atoms with Crippen LogP contribution in [0.1, 0.15) is 27.6 Å². The Morgan fingerprint density at radius 1 is 1.19 bits per heavy atom. The van der Waals surface area contributed by atoms with Crippen LogP contribution in [0.4, 0.5) is 5.69 Å². The van der Waals surface area contributed by atoms with E-state index >= 15 is 0 Å². The summed E-state index contributed by atoms with van der Waals surface area (Å²) in [5.74, 6) is 0.121. The molecular weight excluding hydrogens is 305 g/mol. The third-order valence-electron chi connectivity index (χ3n) is 3.98. The fourth-order valence-electron chi connectivity index (χ4n) is 2.75. The minimum absolute atomic E-state index is 0.121. The minimum Gasteiger partial charge on any atom is -0.315 e. The average Bonchev–Trinajstić information content (AvgIpc) is 2.73. The number of anilines is 1. The van der Waals surface area contributed by atoms with Gasteiger partial charge in [-0.15, -0.1) is 11.6 Å². The van der Waals surface area contributed by atoms with Gasteiger partial charge < -0.3 is 4.90 Å². The van der Waals surface area contributed by atoms with Gasteiger partial charge in [-0.2, -0.15) is 0 Å². The summed E-state index contributed by atoms with van der Waals surface area (Å²) in [5.41, 5.74) is 5.12. The first kappa shape index (κ1) is 14.4. The SMILES string of the molecule is Cc1cc(Cl)ccc1C(Cl)c1ccc2c(c1)CC(=O)N2C. The lowest BCUT2D eigenvalue weighted by molar-refractivity contribution is -0.117. The summed E-state index contributed by atoms with van der Waals surface area (Å²) >= 11 is 12.6. The lowest BCUT2D eigenvalue weighted by Gasteiger charge is -2.15. The van der Waals surface area contributed by atoms with E-state index in [0.29, 0.717) is 11.4 Å². The fourth-order valence-corrected chi connectivity index (χ4v) is 3.36. The molecule has 21 heavy (non-hydrogen) atoms.